The monoisotopic (exact) mass is 270 g/mol. The van der Waals surface area contributed by atoms with Gasteiger partial charge in [-0.25, -0.2) is 15.0 Å². The molecule has 0 bridgehead atoms. The highest BCUT2D eigenvalue weighted by Crippen LogP contribution is 2.34. The van der Waals surface area contributed by atoms with Crippen LogP contribution in [-0.4, -0.2) is 25.4 Å². The standard InChI is InChI=1S/C14H14N4S/c19-14-17-11(9-4-2-1-3-5-9)12-10-6-7-15-13(10)16-8-18(12)14/h6-9H,1-5H2. The Morgan fingerprint density at radius 2 is 2.00 bits per heavy atom. The van der Waals surface area contributed by atoms with Gasteiger partial charge in [0.15, 0.2) is 5.82 Å². The summed E-state index contributed by atoms with van der Waals surface area (Å²) in [6.07, 6.45) is 9.94. The zero-order valence-corrected chi connectivity index (χ0v) is 11.4. The third kappa shape index (κ3) is 1.64. The zero-order chi connectivity index (χ0) is 12.8. The van der Waals surface area contributed by atoms with E-state index in [1.165, 1.54) is 32.1 Å². The van der Waals surface area contributed by atoms with Crippen molar-refractivity contribution in [2.75, 3.05) is 0 Å². The molecule has 1 fully saturated rings. The van der Waals surface area contributed by atoms with Crippen LogP contribution in [-0.2, 0) is 0 Å². The van der Waals surface area contributed by atoms with Gasteiger partial charge >= 0.3 is 0 Å². The van der Waals surface area contributed by atoms with Crippen LogP contribution in [0.1, 0.15) is 37.8 Å². The minimum atomic E-state index is 0.543. The van der Waals surface area contributed by atoms with Crippen LogP contribution in [0.4, 0.5) is 0 Å². The number of hydrogen-bond donors (Lipinski definition) is 0. The Hall–Kier alpha value is -1.62. The molecule has 0 amide bonds. The van der Waals surface area contributed by atoms with E-state index in [9.17, 15) is 0 Å². The lowest BCUT2D eigenvalue weighted by atomic mass is 9.84. The van der Waals surface area contributed by atoms with Crippen molar-refractivity contribution in [1.82, 2.24) is 14.5 Å². The number of nitrogens with zero attached hydrogens (tertiary/aromatic N) is 4. The van der Waals surface area contributed by atoms with Crippen LogP contribution in [0, 0.1) is 5.92 Å². The van der Waals surface area contributed by atoms with Crippen molar-refractivity contribution >= 4 is 23.0 Å². The summed E-state index contributed by atoms with van der Waals surface area (Å²) in [5, 5.41) is 0.617. The van der Waals surface area contributed by atoms with Crippen molar-refractivity contribution in [3.63, 3.8) is 0 Å². The molecule has 0 N–H and O–H groups in total. The number of fused-ring (bicyclic) bond motifs is 3. The third-order valence-electron chi connectivity index (χ3n) is 4.13. The maximum absolute atomic E-state index is 5.37. The quantitative estimate of drug-likeness (QED) is 0.748. The number of aromatic nitrogens is 3. The molecule has 0 atom stereocenters. The molecule has 96 valence electrons. The van der Waals surface area contributed by atoms with E-state index in [2.05, 4.69) is 15.0 Å². The summed E-state index contributed by atoms with van der Waals surface area (Å²) in [7, 11) is 0. The first-order valence-electron chi connectivity index (χ1n) is 6.80. The van der Waals surface area contributed by atoms with Gasteiger partial charge in [-0.3, -0.25) is 4.57 Å². The van der Waals surface area contributed by atoms with Crippen LogP contribution in [0.15, 0.2) is 23.6 Å². The predicted molar refractivity (Wildman–Crippen MR) is 77.8 cm³/mol. The van der Waals surface area contributed by atoms with E-state index in [-0.39, 0.29) is 0 Å². The number of aliphatic imine (C=N–C) groups is 1. The number of thiocarbonyl (C=S) groups is 1. The molecule has 0 unspecified atom stereocenters. The van der Waals surface area contributed by atoms with Crippen molar-refractivity contribution in [2.45, 2.75) is 32.1 Å². The Bertz CT molecular complexity index is 652. The summed E-state index contributed by atoms with van der Waals surface area (Å²) >= 11 is 5.37. The predicted octanol–water partition coefficient (Wildman–Crippen LogP) is 2.90. The SMILES string of the molecule is S=C1N=C(C2CCCCC2)c2c3ccnc-3ncn21. The Morgan fingerprint density at radius 3 is 2.84 bits per heavy atom. The Kier molecular flexibility index (Phi) is 2.48. The minimum Gasteiger partial charge on any atom is -0.273 e. The van der Waals surface area contributed by atoms with Crippen molar-refractivity contribution in [1.29, 1.82) is 0 Å². The first kappa shape index (κ1) is 11.2. The minimum absolute atomic E-state index is 0.543. The normalized spacial score (nSPS) is 19.8. The highest BCUT2D eigenvalue weighted by atomic mass is 32.1. The van der Waals surface area contributed by atoms with Gasteiger partial charge in [0, 0.05) is 17.7 Å². The van der Waals surface area contributed by atoms with Crippen molar-refractivity contribution in [2.24, 2.45) is 10.9 Å². The fourth-order valence-corrected chi connectivity index (χ4v) is 3.43. The van der Waals surface area contributed by atoms with Crippen LogP contribution in [0.5, 0.6) is 0 Å². The van der Waals surface area contributed by atoms with Crippen LogP contribution in [0.2, 0.25) is 0 Å². The van der Waals surface area contributed by atoms with Crippen LogP contribution >= 0.6 is 12.2 Å². The number of hydrogen-bond acceptors (Lipinski definition) is 3. The van der Waals surface area contributed by atoms with E-state index >= 15 is 0 Å². The zero-order valence-electron chi connectivity index (χ0n) is 10.5. The topological polar surface area (TPSA) is 43.1 Å². The molecule has 3 aliphatic heterocycles. The molecular weight excluding hydrogens is 256 g/mol. The van der Waals surface area contributed by atoms with Crippen LogP contribution in [0.25, 0.3) is 11.4 Å². The van der Waals surface area contributed by atoms with Gasteiger partial charge in [0.1, 0.15) is 6.33 Å². The van der Waals surface area contributed by atoms with Gasteiger partial charge in [-0.05, 0) is 31.1 Å². The molecule has 4 aliphatic rings. The molecular formula is C14H14N4S. The molecule has 1 aliphatic carbocycles. The smallest absolute Gasteiger partial charge is 0.205 e. The molecule has 0 aromatic carbocycles. The lowest BCUT2D eigenvalue weighted by molar-refractivity contribution is 0.440. The lowest BCUT2D eigenvalue weighted by Gasteiger charge is -2.22. The highest BCUT2D eigenvalue weighted by molar-refractivity contribution is 7.80. The van der Waals surface area contributed by atoms with Gasteiger partial charge in [-0.1, -0.05) is 19.3 Å². The molecule has 0 aromatic heterocycles. The molecule has 0 aromatic rings. The average Bonchev–Trinajstić information content (AvgIpc) is 3.04. The van der Waals surface area contributed by atoms with Crippen LogP contribution < -0.4 is 0 Å². The first-order valence-corrected chi connectivity index (χ1v) is 7.21. The molecule has 0 spiro atoms. The highest BCUT2D eigenvalue weighted by Gasteiger charge is 2.31. The lowest BCUT2D eigenvalue weighted by Crippen LogP contribution is -2.20. The Balaban J connectivity index is 1.86. The number of rotatable bonds is 1. The maximum Gasteiger partial charge on any atom is 0.205 e. The summed E-state index contributed by atoms with van der Waals surface area (Å²) in [6, 6.07) is 2.01. The molecule has 4 nitrogen and oxygen atoms in total. The van der Waals surface area contributed by atoms with E-state index in [1.807, 2.05) is 10.6 Å². The fourth-order valence-electron chi connectivity index (χ4n) is 3.19. The molecule has 4 rings (SSSR count). The average molecular weight is 270 g/mol. The van der Waals surface area contributed by atoms with Gasteiger partial charge in [0.25, 0.3) is 0 Å². The van der Waals surface area contributed by atoms with Gasteiger partial charge in [-0.15, -0.1) is 0 Å². The van der Waals surface area contributed by atoms with E-state index in [0.29, 0.717) is 11.0 Å². The Labute approximate surface area is 116 Å². The van der Waals surface area contributed by atoms with E-state index < -0.39 is 0 Å². The second kappa shape index (κ2) is 4.20. The summed E-state index contributed by atoms with van der Waals surface area (Å²) in [5.74, 6) is 1.33. The third-order valence-corrected chi connectivity index (χ3v) is 4.42. The molecule has 0 saturated heterocycles. The van der Waals surface area contributed by atoms with E-state index in [4.69, 9.17) is 12.2 Å². The van der Waals surface area contributed by atoms with Crippen molar-refractivity contribution in [3.8, 4) is 11.4 Å². The molecule has 0 radical (unpaired) electrons. The summed E-state index contributed by atoms with van der Waals surface area (Å²) in [5.41, 5.74) is 3.36. The summed E-state index contributed by atoms with van der Waals surface area (Å²) in [4.78, 5) is 13.3. The molecule has 5 heteroatoms. The van der Waals surface area contributed by atoms with E-state index in [0.717, 1.165) is 22.8 Å². The van der Waals surface area contributed by atoms with Crippen LogP contribution in [0.3, 0.4) is 0 Å². The van der Waals surface area contributed by atoms with Crippen molar-refractivity contribution < 1.29 is 0 Å². The second-order valence-electron chi connectivity index (χ2n) is 5.26. The van der Waals surface area contributed by atoms with Gasteiger partial charge < -0.3 is 0 Å². The maximum atomic E-state index is 5.37. The molecule has 1 saturated carbocycles. The largest absolute Gasteiger partial charge is 0.273 e. The van der Waals surface area contributed by atoms with Gasteiger partial charge in [0.2, 0.25) is 5.11 Å². The van der Waals surface area contributed by atoms with Gasteiger partial charge in [-0.2, -0.15) is 0 Å². The Morgan fingerprint density at radius 1 is 1.16 bits per heavy atom. The van der Waals surface area contributed by atoms with Gasteiger partial charge in [0.05, 0.1) is 11.4 Å². The fraction of sp³-hybridized carbons (Fsp3) is 0.429. The molecule has 19 heavy (non-hydrogen) atoms. The summed E-state index contributed by atoms with van der Waals surface area (Å²) in [6.45, 7) is 0. The van der Waals surface area contributed by atoms with E-state index in [1.54, 1.807) is 12.5 Å². The first-order chi connectivity index (χ1) is 9.34. The summed E-state index contributed by atoms with van der Waals surface area (Å²) < 4.78 is 1.93. The second-order valence-corrected chi connectivity index (χ2v) is 5.62. The molecule has 3 heterocycles. The van der Waals surface area contributed by atoms with Crippen molar-refractivity contribution in [3.05, 3.63) is 24.3 Å².